The number of amides is 2. The first-order chi connectivity index (χ1) is 9.97. The average Bonchev–Trinajstić information content (AvgIpc) is 2.44. The van der Waals surface area contributed by atoms with Crippen LogP contribution in [0.5, 0.6) is 0 Å². The lowest BCUT2D eigenvalue weighted by Gasteiger charge is -2.22. The zero-order chi connectivity index (χ0) is 15.8. The number of ether oxygens (including phenoxy) is 1. The first kappa shape index (κ1) is 17.0. The number of hydrogen-bond acceptors (Lipinski definition) is 4. The van der Waals surface area contributed by atoms with Gasteiger partial charge in [-0.15, -0.1) is 0 Å². The van der Waals surface area contributed by atoms with Crippen molar-refractivity contribution < 1.29 is 14.3 Å². The van der Waals surface area contributed by atoms with Crippen LogP contribution in [0.1, 0.15) is 36.7 Å². The maximum atomic E-state index is 11.9. The number of nitrogens with zero attached hydrogens (tertiary/aromatic N) is 1. The van der Waals surface area contributed by atoms with E-state index in [1.807, 2.05) is 32.9 Å². The van der Waals surface area contributed by atoms with Crippen LogP contribution in [0.25, 0.3) is 0 Å². The summed E-state index contributed by atoms with van der Waals surface area (Å²) in [5, 5.41) is 2.53. The second-order valence-electron chi connectivity index (χ2n) is 4.85. The Balaban J connectivity index is 2.69. The molecular weight excluding hydrogens is 270 g/mol. The molecule has 0 aromatic heterocycles. The van der Waals surface area contributed by atoms with E-state index in [9.17, 15) is 9.59 Å². The van der Waals surface area contributed by atoms with Crippen molar-refractivity contribution in [3.05, 3.63) is 35.4 Å². The van der Waals surface area contributed by atoms with Gasteiger partial charge in [-0.05, 0) is 38.5 Å². The number of benzene rings is 1. The van der Waals surface area contributed by atoms with Gasteiger partial charge in [0.15, 0.2) is 0 Å². The van der Waals surface area contributed by atoms with Crippen molar-refractivity contribution in [1.29, 1.82) is 0 Å². The fourth-order valence-corrected chi connectivity index (χ4v) is 1.76. The van der Waals surface area contributed by atoms with Gasteiger partial charge in [-0.25, -0.2) is 4.79 Å². The molecule has 1 rings (SSSR count). The molecule has 21 heavy (non-hydrogen) atoms. The van der Waals surface area contributed by atoms with Gasteiger partial charge < -0.3 is 20.7 Å². The molecule has 1 aromatic carbocycles. The largest absolute Gasteiger partial charge is 0.447 e. The van der Waals surface area contributed by atoms with E-state index in [-0.39, 0.29) is 24.8 Å². The van der Waals surface area contributed by atoms with Gasteiger partial charge in [-0.2, -0.15) is 0 Å². The lowest BCUT2D eigenvalue weighted by Crippen LogP contribution is -2.32. The highest BCUT2D eigenvalue weighted by Gasteiger charge is 2.15. The highest BCUT2D eigenvalue weighted by atomic mass is 16.6. The molecule has 0 aliphatic rings. The van der Waals surface area contributed by atoms with Gasteiger partial charge in [-0.1, -0.05) is 12.1 Å². The molecule has 3 N–H and O–H groups in total. The summed E-state index contributed by atoms with van der Waals surface area (Å²) < 4.78 is 5.18. The standard InChI is InChI=1S/C15H23N3O3/c1-4-18(15(20)21-11(2)3)9-12-5-7-13(8-6-12)14(19)17-10-16/h5-8,11H,4,9-10,16H2,1-3H3,(H,17,19). The molecule has 0 atom stereocenters. The Hall–Kier alpha value is -2.08. The van der Waals surface area contributed by atoms with Crippen LogP contribution in [0.15, 0.2) is 24.3 Å². The molecule has 0 saturated carbocycles. The normalized spacial score (nSPS) is 10.3. The molecule has 0 aliphatic heterocycles. The second-order valence-corrected chi connectivity index (χ2v) is 4.85. The van der Waals surface area contributed by atoms with E-state index in [1.165, 1.54) is 0 Å². The van der Waals surface area contributed by atoms with E-state index in [0.717, 1.165) is 5.56 Å². The predicted octanol–water partition coefficient (Wildman–Crippen LogP) is 1.70. The fourth-order valence-electron chi connectivity index (χ4n) is 1.76. The van der Waals surface area contributed by atoms with Crippen molar-refractivity contribution in [1.82, 2.24) is 10.2 Å². The van der Waals surface area contributed by atoms with E-state index in [2.05, 4.69) is 5.32 Å². The Morgan fingerprint density at radius 2 is 1.90 bits per heavy atom. The van der Waals surface area contributed by atoms with Crippen LogP contribution >= 0.6 is 0 Å². The van der Waals surface area contributed by atoms with Gasteiger partial charge in [-0.3, -0.25) is 4.79 Å². The zero-order valence-corrected chi connectivity index (χ0v) is 12.8. The van der Waals surface area contributed by atoms with Crippen LogP contribution in [-0.4, -0.2) is 36.2 Å². The summed E-state index contributed by atoms with van der Waals surface area (Å²) >= 11 is 0. The van der Waals surface area contributed by atoms with E-state index in [4.69, 9.17) is 10.5 Å². The molecule has 6 heteroatoms. The highest BCUT2D eigenvalue weighted by Crippen LogP contribution is 2.09. The molecule has 0 aliphatic carbocycles. The first-order valence-electron chi connectivity index (χ1n) is 7.00. The van der Waals surface area contributed by atoms with Crippen molar-refractivity contribution >= 4 is 12.0 Å². The van der Waals surface area contributed by atoms with Crippen molar-refractivity contribution in [3.8, 4) is 0 Å². The summed E-state index contributed by atoms with van der Waals surface area (Å²) in [6, 6.07) is 7.05. The van der Waals surface area contributed by atoms with Gasteiger partial charge in [0.25, 0.3) is 5.91 Å². The van der Waals surface area contributed by atoms with Crippen molar-refractivity contribution in [2.75, 3.05) is 13.2 Å². The Morgan fingerprint density at radius 3 is 2.38 bits per heavy atom. The van der Waals surface area contributed by atoms with E-state index in [0.29, 0.717) is 18.7 Å². The third kappa shape index (κ3) is 5.43. The number of hydrogen-bond donors (Lipinski definition) is 2. The molecule has 0 saturated heterocycles. The summed E-state index contributed by atoms with van der Waals surface area (Å²) in [5.41, 5.74) is 6.73. The molecule has 116 valence electrons. The topological polar surface area (TPSA) is 84.7 Å². The number of nitrogens with one attached hydrogen (secondary N) is 1. The fraction of sp³-hybridized carbons (Fsp3) is 0.467. The highest BCUT2D eigenvalue weighted by molar-refractivity contribution is 5.94. The number of nitrogens with two attached hydrogens (primary N) is 1. The lowest BCUT2D eigenvalue weighted by atomic mass is 10.1. The summed E-state index contributed by atoms with van der Waals surface area (Å²) in [5.74, 6) is -0.212. The predicted molar refractivity (Wildman–Crippen MR) is 80.7 cm³/mol. The third-order valence-electron chi connectivity index (χ3n) is 2.83. The smallest absolute Gasteiger partial charge is 0.410 e. The van der Waals surface area contributed by atoms with Crippen molar-refractivity contribution in [2.24, 2.45) is 5.73 Å². The zero-order valence-electron chi connectivity index (χ0n) is 12.8. The molecule has 0 fully saturated rings. The van der Waals surface area contributed by atoms with Gasteiger partial charge >= 0.3 is 6.09 Å². The summed E-state index contributed by atoms with van der Waals surface area (Å²) in [6.45, 7) is 6.63. The molecule has 1 aromatic rings. The molecule has 2 amide bonds. The van der Waals surface area contributed by atoms with Crippen LogP contribution in [0, 0.1) is 0 Å². The molecule has 0 bridgehead atoms. The third-order valence-corrected chi connectivity index (χ3v) is 2.83. The molecule has 0 heterocycles. The maximum absolute atomic E-state index is 11.9. The maximum Gasteiger partial charge on any atom is 0.410 e. The van der Waals surface area contributed by atoms with Crippen molar-refractivity contribution in [2.45, 2.75) is 33.4 Å². The monoisotopic (exact) mass is 293 g/mol. The lowest BCUT2D eigenvalue weighted by molar-refractivity contribution is 0.0761. The van der Waals surface area contributed by atoms with Gasteiger partial charge in [0, 0.05) is 18.7 Å². The Bertz CT molecular complexity index is 472. The number of rotatable bonds is 6. The van der Waals surface area contributed by atoms with E-state index < -0.39 is 0 Å². The SMILES string of the molecule is CCN(Cc1ccc(C(=O)NCN)cc1)C(=O)OC(C)C. The van der Waals surface area contributed by atoms with Crippen molar-refractivity contribution in [3.63, 3.8) is 0 Å². The molecule has 0 unspecified atom stereocenters. The van der Waals surface area contributed by atoms with Gasteiger partial charge in [0.05, 0.1) is 12.8 Å². The van der Waals surface area contributed by atoms with E-state index in [1.54, 1.807) is 17.0 Å². The van der Waals surface area contributed by atoms with E-state index >= 15 is 0 Å². The quantitative estimate of drug-likeness (QED) is 0.782. The number of carbonyl (C=O) groups is 2. The minimum absolute atomic E-state index is 0.102. The molecule has 0 radical (unpaired) electrons. The second kappa shape index (κ2) is 8.26. The van der Waals surface area contributed by atoms with Crippen LogP contribution in [0.4, 0.5) is 4.79 Å². The first-order valence-corrected chi connectivity index (χ1v) is 7.00. The average molecular weight is 293 g/mol. The van der Waals surface area contributed by atoms with Crippen LogP contribution in [-0.2, 0) is 11.3 Å². The summed E-state index contributed by atoms with van der Waals surface area (Å²) in [6.07, 6.45) is -0.480. The molecule has 6 nitrogen and oxygen atoms in total. The van der Waals surface area contributed by atoms with Gasteiger partial charge in [0.2, 0.25) is 0 Å². The minimum Gasteiger partial charge on any atom is -0.447 e. The summed E-state index contributed by atoms with van der Waals surface area (Å²) in [7, 11) is 0. The molecular formula is C15H23N3O3. The molecule has 0 spiro atoms. The van der Waals surface area contributed by atoms with Gasteiger partial charge in [0.1, 0.15) is 0 Å². The summed E-state index contributed by atoms with van der Waals surface area (Å²) in [4.78, 5) is 25.1. The Morgan fingerprint density at radius 1 is 1.29 bits per heavy atom. The van der Waals surface area contributed by atoms with Crippen LogP contribution < -0.4 is 11.1 Å². The Labute approximate surface area is 125 Å². The number of carbonyl (C=O) groups excluding carboxylic acids is 2. The van der Waals surface area contributed by atoms with Crippen LogP contribution in [0.3, 0.4) is 0 Å². The Kier molecular flexibility index (Phi) is 6.68. The van der Waals surface area contributed by atoms with Crippen LogP contribution in [0.2, 0.25) is 0 Å². The minimum atomic E-state index is -0.336.